The summed E-state index contributed by atoms with van der Waals surface area (Å²) in [4.78, 5) is 12.2. The second kappa shape index (κ2) is 5.95. The molecule has 20 heavy (non-hydrogen) atoms. The van der Waals surface area contributed by atoms with E-state index >= 15 is 0 Å². The summed E-state index contributed by atoms with van der Waals surface area (Å²) in [5, 5.41) is 12.2. The van der Waals surface area contributed by atoms with Crippen LogP contribution < -0.4 is 11.1 Å². The summed E-state index contributed by atoms with van der Waals surface area (Å²) in [6, 6.07) is 11.6. The predicted molar refractivity (Wildman–Crippen MR) is 82.7 cm³/mol. The fraction of sp³-hybridized carbons (Fsp3) is 0. The lowest BCUT2D eigenvalue weighted by Crippen LogP contribution is -2.13. The predicted octanol–water partition coefficient (Wildman–Crippen LogP) is 3.81. The fourth-order valence-electron chi connectivity index (χ4n) is 1.62. The summed E-state index contributed by atoms with van der Waals surface area (Å²) in [7, 11) is 0. The van der Waals surface area contributed by atoms with Crippen LogP contribution in [0.3, 0.4) is 0 Å². The molecule has 6 heteroatoms. The molecule has 0 saturated heterocycles. The Bertz CT molecular complexity index is 725. The van der Waals surface area contributed by atoms with Gasteiger partial charge in [0.25, 0.3) is 5.91 Å². The third-order valence-electron chi connectivity index (χ3n) is 2.59. The number of hydrogen-bond donors (Lipinski definition) is 2. The monoisotopic (exact) mass is 349 g/mol. The van der Waals surface area contributed by atoms with Crippen LogP contribution in [-0.2, 0) is 0 Å². The summed E-state index contributed by atoms with van der Waals surface area (Å²) in [6.45, 7) is 0. The lowest BCUT2D eigenvalue weighted by molar-refractivity contribution is 0.102. The minimum Gasteiger partial charge on any atom is -0.399 e. The van der Waals surface area contributed by atoms with Crippen LogP contribution in [0.5, 0.6) is 0 Å². The maximum atomic E-state index is 12.2. The second-order valence-electron chi connectivity index (χ2n) is 4.00. The number of anilines is 2. The quantitative estimate of drug-likeness (QED) is 0.808. The average molecular weight is 351 g/mol. The molecule has 1 amide bonds. The Balaban J connectivity index is 2.33. The standard InChI is InChI=1S/C14H9BrClN3O/c15-12-3-1-9(16)6-11(12)14(20)19-13-4-2-10(18)5-8(13)7-17/h1-6H,18H2,(H,19,20). The molecule has 0 bridgehead atoms. The summed E-state index contributed by atoms with van der Waals surface area (Å²) in [6.07, 6.45) is 0. The molecule has 0 atom stereocenters. The number of hydrogen-bond acceptors (Lipinski definition) is 3. The Kier molecular flexibility index (Phi) is 4.28. The number of nitrogens with two attached hydrogens (primary N) is 1. The largest absolute Gasteiger partial charge is 0.399 e. The molecule has 0 radical (unpaired) electrons. The van der Waals surface area contributed by atoms with Crippen molar-refractivity contribution in [2.75, 3.05) is 11.1 Å². The molecular formula is C14H9BrClN3O. The van der Waals surface area contributed by atoms with Gasteiger partial charge in [-0.05, 0) is 52.3 Å². The van der Waals surface area contributed by atoms with Gasteiger partial charge in [0.1, 0.15) is 6.07 Å². The van der Waals surface area contributed by atoms with E-state index in [0.717, 1.165) is 0 Å². The van der Waals surface area contributed by atoms with Crippen molar-refractivity contribution >= 4 is 44.8 Å². The second-order valence-corrected chi connectivity index (χ2v) is 5.29. The van der Waals surface area contributed by atoms with E-state index in [0.29, 0.717) is 32.0 Å². The van der Waals surface area contributed by atoms with Gasteiger partial charge in [-0.3, -0.25) is 4.79 Å². The highest BCUT2D eigenvalue weighted by Crippen LogP contribution is 2.24. The van der Waals surface area contributed by atoms with Crippen LogP contribution in [0.15, 0.2) is 40.9 Å². The van der Waals surface area contributed by atoms with Gasteiger partial charge in [0.15, 0.2) is 0 Å². The van der Waals surface area contributed by atoms with E-state index in [1.54, 1.807) is 30.3 Å². The van der Waals surface area contributed by atoms with E-state index in [-0.39, 0.29) is 5.91 Å². The Hall–Kier alpha value is -2.03. The Morgan fingerprint density at radius 2 is 2.05 bits per heavy atom. The van der Waals surface area contributed by atoms with Gasteiger partial charge < -0.3 is 11.1 Å². The van der Waals surface area contributed by atoms with Crippen molar-refractivity contribution in [1.82, 2.24) is 0 Å². The van der Waals surface area contributed by atoms with Crippen LogP contribution >= 0.6 is 27.5 Å². The molecule has 0 spiro atoms. The molecule has 4 nitrogen and oxygen atoms in total. The van der Waals surface area contributed by atoms with Gasteiger partial charge in [0, 0.05) is 15.2 Å². The molecule has 0 aliphatic rings. The summed E-state index contributed by atoms with van der Waals surface area (Å²) < 4.78 is 0.619. The minimum absolute atomic E-state index is 0.302. The van der Waals surface area contributed by atoms with Crippen molar-refractivity contribution in [3.05, 3.63) is 57.0 Å². The SMILES string of the molecule is N#Cc1cc(N)ccc1NC(=O)c1cc(Cl)ccc1Br. The number of halogens is 2. The molecule has 0 aliphatic heterocycles. The molecule has 3 N–H and O–H groups in total. The number of carbonyl (C=O) groups is 1. The first kappa shape index (κ1) is 14.4. The van der Waals surface area contributed by atoms with E-state index in [9.17, 15) is 4.79 Å². The first-order valence-electron chi connectivity index (χ1n) is 5.57. The van der Waals surface area contributed by atoms with Crippen molar-refractivity contribution in [3.8, 4) is 6.07 Å². The number of nitriles is 1. The van der Waals surface area contributed by atoms with Crippen LogP contribution in [0, 0.1) is 11.3 Å². The van der Waals surface area contributed by atoms with Gasteiger partial charge in [-0.15, -0.1) is 0 Å². The van der Waals surface area contributed by atoms with Gasteiger partial charge in [0.2, 0.25) is 0 Å². The van der Waals surface area contributed by atoms with E-state index in [4.69, 9.17) is 22.6 Å². The molecule has 2 aromatic rings. The van der Waals surface area contributed by atoms with Crippen molar-refractivity contribution in [2.45, 2.75) is 0 Å². The lowest BCUT2D eigenvalue weighted by atomic mass is 10.1. The molecule has 0 heterocycles. The van der Waals surface area contributed by atoms with Crippen molar-refractivity contribution in [1.29, 1.82) is 5.26 Å². The highest BCUT2D eigenvalue weighted by atomic mass is 79.9. The van der Waals surface area contributed by atoms with E-state index in [1.165, 1.54) is 6.07 Å². The maximum Gasteiger partial charge on any atom is 0.256 e. The third-order valence-corrected chi connectivity index (χ3v) is 3.51. The lowest BCUT2D eigenvalue weighted by Gasteiger charge is -2.09. The highest BCUT2D eigenvalue weighted by Gasteiger charge is 2.13. The topological polar surface area (TPSA) is 78.9 Å². The average Bonchev–Trinajstić information content (AvgIpc) is 2.43. The van der Waals surface area contributed by atoms with Crippen molar-refractivity contribution in [3.63, 3.8) is 0 Å². The fourth-order valence-corrected chi connectivity index (χ4v) is 2.22. The minimum atomic E-state index is -0.361. The number of nitrogen functional groups attached to an aromatic ring is 1. The normalized spacial score (nSPS) is 9.85. The Morgan fingerprint density at radius 3 is 2.75 bits per heavy atom. The molecule has 0 fully saturated rings. The molecule has 0 aliphatic carbocycles. The number of nitrogens with zero attached hydrogens (tertiary/aromatic N) is 1. The molecule has 0 unspecified atom stereocenters. The maximum absolute atomic E-state index is 12.2. The third kappa shape index (κ3) is 3.10. The van der Waals surface area contributed by atoms with E-state index < -0.39 is 0 Å². The zero-order valence-corrected chi connectivity index (χ0v) is 12.5. The summed E-state index contributed by atoms with van der Waals surface area (Å²) in [5.74, 6) is -0.361. The molecule has 2 aromatic carbocycles. The summed E-state index contributed by atoms with van der Waals surface area (Å²) >= 11 is 9.16. The van der Waals surface area contributed by atoms with Crippen molar-refractivity contribution < 1.29 is 4.79 Å². The van der Waals surface area contributed by atoms with Gasteiger partial charge >= 0.3 is 0 Å². The first-order chi connectivity index (χ1) is 9.51. The molecule has 100 valence electrons. The Labute approximate surface area is 129 Å². The van der Waals surface area contributed by atoms with Gasteiger partial charge in [-0.1, -0.05) is 11.6 Å². The zero-order valence-electron chi connectivity index (χ0n) is 10.2. The number of amides is 1. The number of nitrogens with one attached hydrogen (secondary N) is 1. The van der Waals surface area contributed by atoms with Gasteiger partial charge in [-0.2, -0.15) is 5.26 Å². The Morgan fingerprint density at radius 1 is 1.30 bits per heavy atom. The number of carbonyl (C=O) groups excluding carboxylic acids is 1. The van der Waals surface area contributed by atoms with Crippen molar-refractivity contribution in [2.24, 2.45) is 0 Å². The van der Waals surface area contributed by atoms with E-state index in [1.807, 2.05) is 6.07 Å². The highest BCUT2D eigenvalue weighted by molar-refractivity contribution is 9.10. The van der Waals surface area contributed by atoms with Gasteiger partial charge in [-0.25, -0.2) is 0 Å². The smallest absolute Gasteiger partial charge is 0.256 e. The zero-order chi connectivity index (χ0) is 14.7. The number of benzene rings is 2. The van der Waals surface area contributed by atoms with E-state index in [2.05, 4.69) is 21.2 Å². The molecule has 0 saturated carbocycles. The van der Waals surface area contributed by atoms with Crippen LogP contribution in [0.25, 0.3) is 0 Å². The van der Waals surface area contributed by atoms with Crippen LogP contribution in [0.2, 0.25) is 5.02 Å². The van der Waals surface area contributed by atoms with Gasteiger partial charge in [0.05, 0.1) is 16.8 Å². The first-order valence-corrected chi connectivity index (χ1v) is 6.74. The molecule has 0 aromatic heterocycles. The van der Waals surface area contributed by atoms with Crippen LogP contribution in [0.4, 0.5) is 11.4 Å². The molecular weight excluding hydrogens is 342 g/mol. The molecule has 2 rings (SSSR count). The summed E-state index contributed by atoms with van der Waals surface area (Å²) in [5.41, 5.74) is 7.15. The van der Waals surface area contributed by atoms with Crippen LogP contribution in [0.1, 0.15) is 15.9 Å². The van der Waals surface area contributed by atoms with Crippen LogP contribution in [-0.4, -0.2) is 5.91 Å². The number of rotatable bonds is 2.